The third-order valence-electron chi connectivity index (χ3n) is 1.79. The van der Waals surface area contributed by atoms with Gasteiger partial charge in [-0.1, -0.05) is 6.08 Å². The first-order chi connectivity index (χ1) is 6.63. The van der Waals surface area contributed by atoms with E-state index in [0.717, 1.165) is 10.9 Å². The van der Waals surface area contributed by atoms with E-state index in [1.165, 1.54) is 0 Å². The van der Waals surface area contributed by atoms with Crippen LogP contribution in [0, 0.1) is 0 Å². The van der Waals surface area contributed by atoms with Crippen molar-refractivity contribution in [2.45, 2.75) is 19.4 Å². The van der Waals surface area contributed by atoms with Crippen molar-refractivity contribution in [3.63, 3.8) is 0 Å². The number of amides is 1. The zero-order valence-electron chi connectivity index (χ0n) is 8.01. The minimum absolute atomic E-state index is 0.0925. The molecule has 0 saturated carbocycles. The molecule has 1 heterocycles. The molecular formula is C10H13BrN2O. The zero-order valence-corrected chi connectivity index (χ0v) is 9.60. The number of carbonyl (C=O) groups excluding carboxylic acids is 1. The van der Waals surface area contributed by atoms with E-state index in [-0.39, 0.29) is 11.9 Å². The third-order valence-corrected chi connectivity index (χ3v) is 2.25. The molecule has 0 aliphatic carbocycles. The quantitative estimate of drug-likeness (QED) is 0.799. The maximum atomic E-state index is 11.5. The maximum absolute atomic E-state index is 11.5. The Labute approximate surface area is 91.7 Å². The van der Waals surface area contributed by atoms with Gasteiger partial charge in [0.25, 0.3) is 5.91 Å². The van der Waals surface area contributed by atoms with E-state index in [2.05, 4.69) is 32.8 Å². The Hall–Kier alpha value is -1.03. The highest BCUT2D eigenvalue weighted by molar-refractivity contribution is 9.10. The van der Waals surface area contributed by atoms with Gasteiger partial charge in [-0.15, -0.1) is 6.58 Å². The van der Waals surface area contributed by atoms with Gasteiger partial charge in [-0.2, -0.15) is 0 Å². The molecule has 76 valence electrons. The normalized spacial score (nSPS) is 12.1. The van der Waals surface area contributed by atoms with Crippen molar-refractivity contribution in [3.8, 4) is 0 Å². The van der Waals surface area contributed by atoms with Crippen LogP contribution >= 0.6 is 15.9 Å². The predicted octanol–water partition coefficient (Wildman–Crippen LogP) is 2.47. The van der Waals surface area contributed by atoms with Gasteiger partial charge < -0.3 is 10.3 Å². The van der Waals surface area contributed by atoms with Crippen LogP contribution in [0.1, 0.15) is 23.8 Å². The second kappa shape index (κ2) is 5.00. The summed E-state index contributed by atoms with van der Waals surface area (Å²) in [6, 6.07) is 1.86. The van der Waals surface area contributed by atoms with E-state index in [4.69, 9.17) is 0 Å². The summed E-state index contributed by atoms with van der Waals surface area (Å²) >= 11 is 3.27. The van der Waals surface area contributed by atoms with Crippen LogP contribution in [0.15, 0.2) is 29.4 Å². The lowest BCUT2D eigenvalue weighted by atomic mass is 10.2. The van der Waals surface area contributed by atoms with Gasteiger partial charge in [0, 0.05) is 16.7 Å². The van der Waals surface area contributed by atoms with Crippen LogP contribution < -0.4 is 5.32 Å². The summed E-state index contributed by atoms with van der Waals surface area (Å²) in [4.78, 5) is 14.4. The molecule has 0 aliphatic heterocycles. The van der Waals surface area contributed by atoms with Crippen LogP contribution in [0.5, 0.6) is 0 Å². The van der Waals surface area contributed by atoms with Gasteiger partial charge in [0.2, 0.25) is 0 Å². The van der Waals surface area contributed by atoms with Crippen molar-refractivity contribution in [2.75, 3.05) is 0 Å². The molecule has 0 radical (unpaired) electrons. The van der Waals surface area contributed by atoms with E-state index in [0.29, 0.717) is 5.69 Å². The molecule has 1 aromatic rings. The highest BCUT2D eigenvalue weighted by Crippen LogP contribution is 2.10. The fourth-order valence-corrected chi connectivity index (χ4v) is 1.45. The Morgan fingerprint density at radius 2 is 2.57 bits per heavy atom. The van der Waals surface area contributed by atoms with Gasteiger partial charge in [-0.25, -0.2) is 0 Å². The molecule has 0 aromatic carbocycles. The van der Waals surface area contributed by atoms with Gasteiger partial charge in [0.05, 0.1) is 0 Å². The van der Waals surface area contributed by atoms with E-state index in [1.54, 1.807) is 18.3 Å². The average molecular weight is 257 g/mol. The number of rotatable bonds is 4. The van der Waals surface area contributed by atoms with Crippen LogP contribution in [-0.4, -0.2) is 16.9 Å². The number of H-pyrrole nitrogens is 1. The summed E-state index contributed by atoms with van der Waals surface area (Å²) in [5.74, 6) is -0.0925. The van der Waals surface area contributed by atoms with E-state index >= 15 is 0 Å². The van der Waals surface area contributed by atoms with Crippen LogP contribution in [-0.2, 0) is 0 Å². The number of halogens is 1. The number of nitrogens with one attached hydrogen (secondary N) is 2. The fraction of sp³-hybridized carbons (Fsp3) is 0.300. The zero-order chi connectivity index (χ0) is 10.6. The lowest BCUT2D eigenvalue weighted by molar-refractivity contribution is 0.0936. The van der Waals surface area contributed by atoms with Gasteiger partial charge in [-0.3, -0.25) is 4.79 Å². The molecule has 0 aliphatic rings. The summed E-state index contributed by atoms with van der Waals surface area (Å²) in [5, 5.41) is 2.85. The van der Waals surface area contributed by atoms with Crippen LogP contribution in [0.2, 0.25) is 0 Å². The lowest BCUT2D eigenvalue weighted by Gasteiger charge is -2.10. The molecule has 1 atom stereocenters. The molecule has 1 aromatic heterocycles. The van der Waals surface area contributed by atoms with Crippen molar-refractivity contribution >= 4 is 21.8 Å². The second-order valence-corrected chi connectivity index (χ2v) is 4.05. The number of aromatic nitrogens is 1. The highest BCUT2D eigenvalue weighted by Gasteiger charge is 2.09. The Morgan fingerprint density at radius 1 is 1.86 bits per heavy atom. The largest absolute Gasteiger partial charge is 0.356 e. The lowest BCUT2D eigenvalue weighted by Crippen LogP contribution is -2.32. The molecule has 2 N–H and O–H groups in total. The van der Waals surface area contributed by atoms with Gasteiger partial charge in [-0.05, 0) is 35.3 Å². The number of hydrogen-bond acceptors (Lipinski definition) is 1. The summed E-state index contributed by atoms with van der Waals surface area (Å²) in [5.41, 5.74) is 0.563. The number of hydrogen-bond donors (Lipinski definition) is 2. The second-order valence-electron chi connectivity index (χ2n) is 3.13. The van der Waals surface area contributed by atoms with Gasteiger partial charge in [0.1, 0.15) is 5.69 Å². The topological polar surface area (TPSA) is 44.9 Å². The summed E-state index contributed by atoms with van der Waals surface area (Å²) in [6.07, 6.45) is 4.29. The van der Waals surface area contributed by atoms with Crippen LogP contribution in [0.4, 0.5) is 0 Å². The van der Waals surface area contributed by atoms with Crippen molar-refractivity contribution in [1.82, 2.24) is 10.3 Å². The first-order valence-electron chi connectivity index (χ1n) is 4.39. The van der Waals surface area contributed by atoms with Gasteiger partial charge >= 0.3 is 0 Å². The number of aromatic amines is 1. The molecule has 14 heavy (non-hydrogen) atoms. The summed E-state index contributed by atoms with van der Waals surface area (Å²) < 4.78 is 0.874. The molecule has 1 unspecified atom stereocenters. The third kappa shape index (κ3) is 3.03. The molecule has 0 bridgehead atoms. The fourth-order valence-electron chi connectivity index (χ4n) is 1.11. The first-order valence-corrected chi connectivity index (χ1v) is 5.18. The molecule has 0 fully saturated rings. The monoisotopic (exact) mass is 256 g/mol. The van der Waals surface area contributed by atoms with Crippen LogP contribution in [0.3, 0.4) is 0 Å². The molecule has 1 rings (SSSR count). The summed E-state index contributed by atoms with van der Waals surface area (Å²) in [7, 11) is 0. The maximum Gasteiger partial charge on any atom is 0.267 e. The van der Waals surface area contributed by atoms with Gasteiger partial charge in [0.15, 0.2) is 0 Å². The molecule has 3 nitrogen and oxygen atoms in total. The van der Waals surface area contributed by atoms with Crippen molar-refractivity contribution in [2.24, 2.45) is 0 Å². The smallest absolute Gasteiger partial charge is 0.267 e. The Bertz CT molecular complexity index is 333. The minimum atomic E-state index is -0.0925. The standard InChI is InChI=1S/C10H13BrN2O/c1-3-4-7(2)13-10(14)9-5-8(11)6-12-9/h3,5-7,12H,1,4H2,2H3,(H,13,14). The molecular weight excluding hydrogens is 244 g/mol. The van der Waals surface area contributed by atoms with Crippen molar-refractivity contribution in [3.05, 3.63) is 35.1 Å². The molecule has 0 saturated heterocycles. The molecule has 0 spiro atoms. The Balaban J connectivity index is 2.54. The van der Waals surface area contributed by atoms with E-state index < -0.39 is 0 Å². The minimum Gasteiger partial charge on any atom is -0.356 e. The SMILES string of the molecule is C=CCC(C)NC(=O)c1cc(Br)c[nH]1. The first kappa shape index (κ1) is 11.0. The predicted molar refractivity (Wildman–Crippen MR) is 60.2 cm³/mol. The Kier molecular flexibility index (Phi) is 3.95. The van der Waals surface area contributed by atoms with E-state index in [1.807, 2.05) is 6.92 Å². The number of carbonyl (C=O) groups is 1. The van der Waals surface area contributed by atoms with Crippen molar-refractivity contribution < 1.29 is 4.79 Å². The molecule has 4 heteroatoms. The Morgan fingerprint density at radius 3 is 3.07 bits per heavy atom. The molecule has 1 amide bonds. The van der Waals surface area contributed by atoms with Crippen LogP contribution in [0.25, 0.3) is 0 Å². The summed E-state index contributed by atoms with van der Waals surface area (Å²) in [6.45, 7) is 5.56. The van der Waals surface area contributed by atoms with E-state index in [9.17, 15) is 4.79 Å². The highest BCUT2D eigenvalue weighted by atomic mass is 79.9. The average Bonchev–Trinajstić information content (AvgIpc) is 2.52. The van der Waals surface area contributed by atoms with Crippen molar-refractivity contribution in [1.29, 1.82) is 0 Å².